The van der Waals surface area contributed by atoms with Gasteiger partial charge in [-0.1, -0.05) is 6.07 Å². The zero-order valence-corrected chi connectivity index (χ0v) is 12.7. The van der Waals surface area contributed by atoms with E-state index in [9.17, 15) is 9.18 Å². The minimum absolute atomic E-state index is 0.240. The average Bonchev–Trinajstić information content (AvgIpc) is 2.42. The van der Waals surface area contributed by atoms with Gasteiger partial charge in [0.05, 0.1) is 11.3 Å². The Balaban J connectivity index is 2.50. The third kappa shape index (κ3) is 4.49. The number of carbonyl (C=O) groups excluding carboxylic acids is 1. The maximum absolute atomic E-state index is 13.5. The first-order valence-electron chi connectivity index (χ1n) is 6.92. The van der Waals surface area contributed by atoms with E-state index in [4.69, 9.17) is 0 Å². The van der Waals surface area contributed by atoms with Crippen LogP contribution in [0.5, 0.6) is 0 Å². The van der Waals surface area contributed by atoms with Crippen molar-refractivity contribution in [1.29, 1.82) is 0 Å². The number of hydrogen-bond acceptors (Lipinski definition) is 3. The van der Waals surface area contributed by atoms with E-state index >= 15 is 0 Å². The molecule has 1 amide bonds. The van der Waals surface area contributed by atoms with Crippen LogP contribution in [0.2, 0.25) is 0 Å². The van der Waals surface area contributed by atoms with E-state index in [1.54, 1.807) is 13.1 Å². The van der Waals surface area contributed by atoms with Gasteiger partial charge in [0.15, 0.2) is 0 Å². The summed E-state index contributed by atoms with van der Waals surface area (Å²) in [4.78, 5) is 14.2. The Morgan fingerprint density at radius 2 is 2.10 bits per heavy atom. The van der Waals surface area contributed by atoms with E-state index in [1.807, 2.05) is 0 Å². The monoisotopic (exact) mass is 281 g/mol. The van der Waals surface area contributed by atoms with E-state index in [0.29, 0.717) is 18.2 Å². The predicted molar refractivity (Wildman–Crippen MR) is 80.7 cm³/mol. The van der Waals surface area contributed by atoms with E-state index in [2.05, 4.69) is 36.4 Å². The summed E-state index contributed by atoms with van der Waals surface area (Å²) in [6, 6.07) is 4.98. The SMILES string of the molecule is CNc1c(F)cccc1C(=O)NCCCN(C)C(C)C. The fourth-order valence-electron chi connectivity index (χ4n) is 1.85. The maximum Gasteiger partial charge on any atom is 0.253 e. The molecule has 1 aromatic rings. The first kappa shape index (κ1) is 16.4. The zero-order chi connectivity index (χ0) is 15.1. The van der Waals surface area contributed by atoms with E-state index < -0.39 is 5.82 Å². The van der Waals surface area contributed by atoms with Crippen LogP contribution < -0.4 is 10.6 Å². The third-order valence-electron chi connectivity index (χ3n) is 3.36. The maximum atomic E-state index is 13.5. The molecule has 0 spiro atoms. The molecular weight excluding hydrogens is 257 g/mol. The number of carbonyl (C=O) groups is 1. The molecule has 4 nitrogen and oxygen atoms in total. The minimum Gasteiger partial charge on any atom is -0.385 e. The first-order chi connectivity index (χ1) is 9.47. The Morgan fingerprint density at radius 3 is 2.70 bits per heavy atom. The molecule has 5 heteroatoms. The number of para-hydroxylation sites is 1. The van der Waals surface area contributed by atoms with Gasteiger partial charge in [0.1, 0.15) is 5.82 Å². The number of anilines is 1. The molecule has 0 saturated heterocycles. The summed E-state index contributed by atoms with van der Waals surface area (Å²) in [5.74, 6) is -0.666. The van der Waals surface area contributed by atoms with Crippen LogP contribution in [0.15, 0.2) is 18.2 Å². The smallest absolute Gasteiger partial charge is 0.253 e. The van der Waals surface area contributed by atoms with Crippen LogP contribution in [-0.2, 0) is 0 Å². The summed E-state index contributed by atoms with van der Waals surface area (Å²) in [6.07, 6.45) is 0.866. The van der Waals surface area contributed by atoms with Crippen LogP contribution in [-0.4, -0.2) is 44.0 Å². The van der Waals surface area contributed by atoms with Gasteiger partial charge in [-0.2, -0.15) is 0 Å². The Morgan fingerprint density at radius 1 is 1.40 bits per heavy atom. The summed E-state index contributed by atoms with van der Waals surface area (Å²) >= 11 is 0. The molecule has 1 aromatic carbocycles. The lowest BCUT2D eigenvalue weighted by atomic mass is 10.1. The molecule has 0 aliphatic carbocycles. The molecule has 0 unspecified atom stereocenters. The largest absolute Gasteiger partial charge is 0.385 e. The second kappa shape index (κ2) is 7.85. The van der Waals surface area contributed by atoms with Gasteiger partial charge in [-0.25, -0.2) is 4.39 Å². The van der Waals surface area contributed by atoms with Gasteiger partial charge in [-0.15, -0.1) is 0 Å². The molecule has 0 radical (unpaired) electrons. The van der Waals surface area contributed by atoms with E-state index in [1.165, 1.54) is 12.1 Å². The summed E-state index contributed by atoms with van der Waals surface area (Å²) in [5, 5.41) is 5.55. The highest BCUT2D eigenvalue weighted by atomic mass is 19.1. The van der Waals surface area contributed by atoms with Gasteiger partial charge in [0, 0.05) is 19.6 Å². The number of benzene rings is 1. The molecule has 1 rings (SSSR count). The first-order valence-corrected chi connectivity index (χ1v) is 6.92. The second-order valence-corrected chi connectivity index (χ2v) is 5.10. The predicted octanol–water partition coefficient (Wildman–Crippen LogP) is 2.33. The molecule has 0 aromatic heterocycles. The van der Waals surface area contributed by atoms with Crippen molar-refractivity contribution in [3.05, 3.63) is 29.6 Å². The van der Waals surface area contributed by atoms with Crippen LogP contribution in [0.3, 0.4) is 0 Å². The summed E-state index contributed by atoms with van der Waals surface area (Å²) < 4.78 is 13.5. The third-order valence-corrected chi connectivity index (χ3v) is 3.36. The molecule has 2 N–H and O–H groups in total. The Labute approximate surface area is 120 Å². The molecule has 0 heterocycles. The normalized spacial score (nSPS) is 10.9. The van der Waals surface area contributed by atoms with Crippen LogP contribution in [0.25, 0.3) is 0 Å². The zero-order valence-electron chi connectivity index (χ0n) is 12.7. The minimum atomic E-state index is -0.417. The number of nitrogens with one attached hydrogen (secondary N) is 2. The van der Waals surface area contributed by atoms with Gasteiger partial charge in [0.25, 0.3) is 5.91 Å². The van der Waals surface area contributed by atoms with Crippen molar-refractivity contribution in [3.8, 4) is 0 Å². The van der Waals surface area contributed by atoms with Crippen molar-refractivity contribution >= 4 is 11.6 Å². The number of hydrogen-bond donors (Lipinski definition) is 2. The highest BCUT2D eigenvalue weighted by Crippen LogP contribution is 2.18. The van der Waals surface area contributed by atoms with E-state index in [-0.39, 0.29) is 11.6 Å². The van der Waals surface area contributed by atoms with E-state index in [0.717, 1.165) is 13.0 Å². The lowest BCUT2D eigenvalue weighted by molar-refractivity contribution is 0.0952. The number of rotatable bonds is 7. The Bertz CT molecular complexity index is 449. The lowest BCUT2D eigenvalue weighted by Crippen LogP contribution is -2.31. The number of amides is 1. The van der Waals surface area contributed by atoms with Crippen molar-refractivity contribution in [2.24, 2.45) is 0 Å². The average molecular weight is 281 g/mol. The highest BCUT2D eigenvalue weighted by molar-refractivity contribution is 5.99. The fraction of sp³-hybridized carbons (Fsp3) is 0.533. The molecule has 20 heavy (non-hydrogen) atoms. The van der Waals surface area contributed by atoms with Gasteiger partial charge in [0.2, 0.25) is 0 Å². The molecule has 0 atom stereocenters. The standard InChI is InChI=1S/C15H24FN3O/c1-11(2)19(4)10-6-9-18-15(20)12-7-5-8-13(16)14(12)17-3/h5,7-8,11,17H,6,9-10H2,1-4H3,(H,18,20). The van der Waals surface area contributed by atoms with Crippen LogP contribution >= 0.6 is 0 Å². The van der Waals surface area contributed by atoms with Crippen molar-refractivity contribution in [3.63, 3.8) is 0 Å². The van der Waals surface area contributed by atoms with Crippen LogP contribution in [0.1, 0.15) is 30.6 Å². The Hall–Kier alpha value is -1.62. The van der Waals surface area contributed by atoms with Gasteiger partial charge < -0.3 is 15.5 Å². The highest BCUT2D eigenvalue weighted by Gasteiger charge is 2.13. The molecule has 0 fully saturated rings. The number of nitrogens with zero attached hydrogens (tertiary/aromatic N) is 1. The van der Waals surface area contributed by atoms with Crippen molar-refractivity contribution < 1.29 is 9.18 Å². The molecule has 0 saturated carbocycles. The quantitative estimate of drug-likeness (QED) is 0.754. The lowest BCUT2D eigenvalue weighted by Gasteiger charge is -2.20. The van der Waals surface area contributed by atoms with Gasteiger partial charge in [-0.3, -0.25) is 4.79 Å². The summed E-state index contributed by atoms with van der Waals surface area (Å²) in [5.41, 5.74) is 0.578. The second-order valence-electron chi connectivity index (χ2n) is 5.10. The van der Waals surface area contributed by atoms with Crippen molar-refractivity contribution in [2.45, 2.75) is 26.3 Å². The topological polar surface area (TPSA) is 44.4 Å². The number of halogens is 1. The molecule has 0 aliphatic rings. The summed E-state index contributed by atoms with van der Waals surface area (Å²) in [6.45, 7) is 5.75. The molecule has 112 valence electrons. The molecule has 0 bridgehead atoms. The summed E-state index contributed by atoms with van der Waals surface area (Å²) in [7, 11) is 3.66. The van der Waals surface area contributed by atoms with Gasteiger partial charge in [-0.05, 0) is 46.0 Å². The Kier molecular flexibility index (Phi) is 6.45. The van der Waals surface area contributed by atoms with Crippen LogP contribution in [0.4, 0.5) is 10.1 Å². The van der Waals surface area contributed by atoms with Crippen molar-refractivity contribution in [2.75, 3.05) is 32.5 Å². The van der Waals surface area contributed by atoms with Gasteiger partial charge >= 0.3 is 0 Å². The van der Waals surface area contributed by atoms with Crippen molar-refractivity contribution in [1.82, 2.24) is 10.2 Å². The fourth-order valence-corrected chi connectivity index (χ4v) is 1.85. The molecular formula is C15H24FN3O. The van der Waals surface area contributed by atoms with Crippen LogP contribution in [0, 0.1) is 5.82 Å². The molecule has 0 aliphatic heterocycles.